The number of carbonyl (C=O) groups excluding carboxylic acids is 1. The fourth-order valence-corrected chi connectivity index (χ4v) is 1.56. The highest BCUT2D eigenvalue weighted by Gasteiger charge is 2.29. The number of hydrogen-bond acceptors (Lipinski definition) is 5. The zero-order chi connectivity index (χ0) is 10.6. The van der Waals surface area contributed by atoms with E-state index in [2.05, 4.69) is 0 Å². The molecule has 1 saturated carbocycles. The molecule has 1 aliphatic carbocycles. The van der Waals surface area contributed by atoms with Crippen molar-refractivity contribution in [2.75, 3.05) is 6.61 Å². The van der Waals surface area contributed by atoms with Crippen LogP contribution in [0.3, 0.4) is 0 Å². The van der Waals surface area contributed by atoms with E-state index in [4.69, 9.17) is 15.7 Å². The molecule has 1 aliphatic rings. The van der Waals surface area contributed by atoms with Crippen molar-refractivity contribution in [2.24, 2.45) is 11.7 Å². The van der Waals surface area contributed by atoms with E-state index in [1.54, 1.807) is 6.92 Å². The SMILES string of the molecule is CCOC(=O)C(SC#N)=C(N)C1CC1. The number of allylic oxidation sites excluding steroid dienone is 1. The van der Waals surface area contributed by atoms with Crippen molar-refractivity contribution >= 4 is 17.7 Å². The third-order valence-corrected chi connectivity index (χ3v) is 2.59. The Bertz CT molecular complexity index is 302. The molecule has 1 rings (SSSR count). The van der Waals surface area contributed by atoms with Crippen LogP contribution in [-0.2, 0) is 9.53 Å². The van der Waals surface area contributed by atoms with Crippen LogP contribution in [0, 0.1) is 16.6 Å². The van der Waals surface area contributed by atoms with Gasteiger partial charge in [-0.2, -0.15) is 5.26 Å². The first-order valence-corrected chi connectivity index (χ1v) is 5.25. The maximum Gasteiger partial charge on any atom is 0.347 e. The summed E-state index contributed by atoms with van der Waals surface area (Å²) in [5.74, 6) is -0.210. The maximum atomic E-state index is 11.4. The van der Waals surface area contributed by atoms with Crippen LogP contribution in [0.2, 0.25) is 0 Å². The second kappa shape index (κ2) is 4.91. The predicted octanol–water partition coefficient (Wildman–Crippen LogP) is 1.34. The average Bonchev–Trinajstić information content (AvgIpc) is 2.96. The van der Waals surface area contributed by atoms with Gasteiger partial charge in [-0.3, -0.25) is 0 Å². The van der Waals surface area contributed by atoms with E-state index in [0.717, 1.165) is 24.6 Å². The number of hydrogen-bond donors (Lipinski definition) is 1. The number of ether oxygens (including phenoxy) is 1. The van der Waals surface area contributed by atoms with Crippen molar-refractivity contribution in [1.29, 1.82) is 5.26 Å². The summed E-state index contributed by atoms with van der Waals surface area (Å²) in [5, 5.41) is 10.4. The number of esters is 1. The minimum absolute atomic E-state index is 0.261. The molecule has 0 spiro atoms. The lowest BCUT2D eigenvalue weighted by atomic mass is 10.3. The zero-order valence-corrected chi connectivity index (χ0v) is 8.76. The van der Waals surface area contributed by atoms with Gasteiger partial charge in [-0.15, -0.1) is 0 Å². The van der Waals surface area contributed by atoms with Crippen molar-refractivity contribution in [2.45, 2.75) is 19.8 Å². The molecular weight excluding hydrogens is 200 g/mol. The Labute approximate surface area is 87.1 Å². The standard InChI is InChI=1S/C9H12N2O2S/c1-2-13-9(12)8(14-5-10)7(11)6-3-4-6/h6H,2-4,11H2,1H3. The number of nitriles is 1. The van der Waals surface area contributed by atoms with E-state index in [1.165, 1.54) is 0 Å². The van der Waals surface area contributed by atoms with E-state index < -0.39 is 5.97 Å². The first-order valence-electron chi connectivity index (χ1n) is 4.43. The van der Waals surface area contributed by atoms with Gasteiger partial charge in [-0.25, -0.2) is 4.79 Å². The van der Waals surface area contributed by atoms with Crippen LogP contribution >= 0.6 is 11.8 Å². The van der Waals surface area contributed by atoms with Gasteiger partial charge in [-0.05, 0) is 37.4 Å². The van der Waals surface area contributed by atoms with Crippen LogP contribution in [-0.4, -0.2) is 12.6 Å². The Morgan fingerprint density at radius 2 is 2.36 bits per heavy atom. The van der Waals surface area contributed by atoms with Gasteiger partial charge in [0.25, 0.3) is 0 Å². The molecule has 76 valence electrons. The first-order chi connectivity index (χ1) is 6.70. The molecule has 0 amide bonds. The zero-order valence-electron chi connectivity index (χ0n) is 7.95. The molecule has 0 bridgehead atoms. The summed E-state index contributed by atoms with van der Waals surface area (Å²) in [5.41, 5.74) is 6.26. The van der Waals surface area contributed by atoms with Gasteiger partial charge in [0, 0.05) is 5.70 Å². The molecule has 0 aromatic heterocycles. The number of carbonyl (C=O) groups is 1. The van der Waals surface area contributed by atoms with Gasteiger partial charge >= 0.3 is 5.97 Å². The van der Waals surface area contributed by atoms with Crippen LogP contribution < -0.4 is 5.73 Å². The molecule has 0 atom stereocenters. The molecule has 4 nitrogen and oxygen atoms in total. The predicted molar refractivity (Wildman–Crippen MR) is 53.8 cm³/mol. The molecule has 0 radical (unpaired) electrons. The van der Waals surface area contributed by atoms with Gasteiger partial charge in [-0.1, -0.05) is 0 Å². The minimum atomic E-state index is -0.483. The molecule has 2 N–H and O–H groups in total. The maximum absolute atomic E-state index is 11.4. The number of nitrogens with two attached hydrogens (primary N) is 1. The van der Waals surface area contributed by atoms with Gasteiger partial charge in [0.05, 0.1) is 6.61 Å². The fourth-order valence-electron chi connectivity index (χ4n) is 1.04. The molecule has 0 aromatic rings. The molecule has 5 heteroatoms. The summed E-state index contributed by atoms with van der Waals surface area (Å²) < 4.78 is 4.81. The van der Waals surface area contributed by atoms with Crippen LogP contribution in [0.25, 0.3) is 0 Å². The fraction of sp³-hybridized carbons (Fsp3) is 0.556. The van der Waals surface area contributed by atoms with Gasteiger partial charge < -0.3 is 10.5 Å². The normalized spacial score (nSPS) is 16.9. The number of thioether (sulfide) groups is 1. The minimum Gasteiger partial charge on any atom is -0.462 e. The second-order valence-electron chi connectivity index (χ2n) is 2.97. The van der Waals surface area contributed by atoms with Crippen LogP contribution in [0.5, 0.6) is 0 Å². The molecule has 0 aliphatic heterocycles. The summed E-state index contributed by atoms with van der Waals surface area (Å²) in [7, 11) is 0. The van der Waals surface area contributed by atoms with Gasteiger partial charge in [0.1, 0.15) is 10.3 Å². The molecular formula is C9H12N2O2S. The molecule has 0 saturated heterocycles. The highest BCUT2D eigenvalue weighted by atomic mass is 32.2. The van der Waals surface area contributed by atoms with E-state index in [-0.39, 0.29) is 10.8 Å². The van der Waals surface area contributed by atoms with Crippen molar-refractivity contribution in [3.8, 4) is 5.40 Å². The Balaban J connectivity index is 2.77. The molecule has 0 aromatic carbocycles. The number of thiocyanates is 1. The Morgan fingerprint density at radius 1 is 1.71 bits per heavy atom. The Kier molecular flexibility index (Phi) is 3.84. The molecule has 14 heavy (non-hydrogen) atoms. The second-order valence-corrected chi connectivity index (χ2v) is 3.77. The van der Waals surface area contributed by atoms with E-state index in [1.807, 2.05) is 5.40 Å². The van der Waals surface area contributed by atoms with Crippen LogP contribution in [0.1, 0.15) is 19.8 Å². The lowest BCUT2D eigenvalue weighted by Gasteiger charge is -2.06. The summed E-state index contributed by atoms with van der Waals surface area (Å²) in [6, 6.07) is 0. The lowest BCUT2D eigenvalue weighted by molar-refractivity contribution is -0.137. The lowest BCUT2D eigenvalue weighted by Crippen LogP contribution is -2.13. The highest BCUT2D eigenvalue weighted by Crippen LogP contribution is 2.37. The smallest absolute Gasteiger partial charge is 0.347 e. The van der Waals surface area contributed by atoms with Crippen molar-refractivity contribution < 1.29 is 9.53 Å². The van der Waals surface area contributed by atoms with Crippen molar-refractivity contribution in [3.63, 3.8) is 0 Å². The van der Waals surface area contributed by atoms with Crippen LogP contribution in [0.4, 0.5) is 0 Å². The highest BCUT2D eigenvalue weighted by molar-refractivity contribution is 8.08. The summed E-state index contributed by atoms with van der Waals surface area (Å²) >= 11 is 0.787. The Morgan fingerprint density at radius 3 is 2.79 bits per heavy atom. The summed E-state index contributed by atoms with van der Waals surface area (Å²) in [4.78, 5) is 11.6. The first kappa shape index (κ1) is 10.9. The average molecular weight is 212 g/mol. The van der Waals surface area contributed by atoms with Crippen LogP contribution in [0.15, 0.2) is 10.6 Å². The third kappa shape index (κ3) is 2.67. The Hall–Kier alpha value is -1.15. The number of nitrogens with zero attached hydrogens (tertiary/aromatic N) is 1. The topological polar surface area (TPSA) is 76.1 Å². The molecule has 0 heterocycles. The monoisotopic (exact) mass is 212 g/mol. The number of rotatable bonds is 4. The largest absolute Gasteiger partial charge is 0.462 e. The van der Waals surface area contributed by atoms with E-state index in [9.17, 15) is 4.79 Å². The van der Waals surface area contributed by atoms with Gasteiger partial charge in [0.2, 0.25) is 0 Å². The summed E-state index contributed by atoms with van der Waals surface area (Å²) in [6.07, 6.45) is 2.00. The summed E-state index contributed by atoms with van der Waals surface area (Å²) in [6.45, 7) is 2.02. The van der Waals surface area contributed by atoms with Crippen molar-refractivity contribution in [3.05, 3.63) is 10.6 Å². The van der Waals surface area contributed by atoms with E-state index in [0.29, 0.717) is 12.3 Å². The third-order valence-electron chi connectivity index (χ3n) is 1.89. The quantitative estimate of drug-likeness (QED) is 0.432. The molecule has 0 unspecified atom stereocenters. The van der Waals surface area contributed by atoms with Crippen molar-refractivity contribution in [1.82, 2.24) is 0 Å². The molecule has 1 fully saturated rings. The van der Waals surface area contributed by atoms with E-state index >= 15 is 0 Å². The van der Waals surface area contributed by atoms with Gasteiger partial charge in [0.15, 0.2) is 0 Å².